The van der Waals surface area contributed by atoms with Gasteiger partial charge in [0.25, 0.3) is 0 Å². The summed E-state index contributed by atoms with van der Waals surface area (Å²) in [7, 11) is 0. The van der Waals surface area contributed by atoms with Crippen LogP contribution in [0, 0.1) is 5.92 Å². The normalized spacial score (nSPS) is 24.5. The van der Waals surface area contributed by atoms with Crippen LogP contribution in [0.3, 0.4) is 0 Å². The van der Waals surface area contributed by atoms with Crippen LogP contribution in [-0.2, 0) is 0 Å². The van der Waals surface area contributed by atoms with E-state index in [-0.39, 0.29) is 30.2 Å². The number of benzene rings is 1. The predicted molar refractivity (Wildman–Crippen MR) is 82.1 cm³/mol. The first kappa shape index (κ1) is 19.1. The van der Waals surface area contributed by atoms with Gasteiger partial charge in [-0.1, -0.05) is 19.1 Å². The third-order valence-corrected chi connectivity index (χ3v) is 4.15. The minimum atomic E-state index is -4.65. The lowest BCUT2D eigenvalue weighted by atomic mass is 9.92. The van der Waals surface area contributed by atoms with Gasteiger partial charge >= 0.3 is 6.36 Å². The third-order valence-electron chi connectivity index (χ3n) is 4.15. The number of halogens is 4. The van der Waals surface area contributed by atoms with E-state index in [2.05, 4.69) is 23.5 Å². The monoisotopic (exact) mass is 338 g/mol. The van der Waals surface area contributed by atoms with Crippen molar-refractivity contribution in [1.29, 1.82) is 0 Å². The zero-order chi connectivity index (χ0) is 15.6. The molecule has 0 bridgehead atoms. The second-order valence-corrected chi connectivity index (χ2v) is 5.72. The molecule has 0 saturated carbocycles. The summed E-state index contributed by atoms with van der Waals surface area (Å²) in [4.78, 5) is 2.31. The highest BCUT2D eigenvalue weighted by molar-refractivity contribution is 5.85. The molecule has 7 heteroatoms. The molecule has 1 aliphatic heterocycles. The molecule has 1 saturated heterocycles. The van der Waals surface area contributed by atoms with Crippen LogP contribution >= 0.6 is 12.4 Å². The first-order chi connectivity index (χ1) is 9.76. The molecule has 22 heavy (non-hydrogen) atoms. The number of alkyl halides is 3. The summed E-state index contributed by atoms with van der Waals surface area (Å²) in [5.41, 5.74) is 6.99. The smallest absolute Gasteiger partial charge is 0.406 e. The van der Waals surface area contributed by atoms with Crippen LogP contribution in [0.25, 0.3) is 0 Å². The maximum Gasteiger partial charge on any atom is 0.573 e. The van der Waals surface area contributed by atoms with Crippen LogP contribution in [0.4, 0.5) is 13.2 Å². The van der Waals surface area contributed by atoms with Crippen molar-refractivity contribution >= 4 is 12.4 Å². The molecule has 0 amide bonds. The fourth-order valence-corrected chi connectivity index (χ4v) is 2.71. The number of nitrogens with two attached hydrogens (primary N) is 1. The fourth-order valence-electron chi connectivity index (χ4n) is 2.71. The minimum Gasteiger partial charge on any atom is -0.406 e. The topological polar surface area (TPSA) is 38.5 Å². The van der Waals surface area contributed by atoms with Crippen molar-refractivity contribution in [1.82, 2.24) is 4.90 Å². The van der Waals surface area contributed by atoms with E-state index in [1.54, 1.807) is 12.1 Å². The van der Waals surface area contributed by atoms with E-state index in [1.807, 2.05) is 0 Å². The predicted octanol–water partition coefficient (Wildman–Crippen LogP) is 3.74. The number of nitrogens with zero attached hydrogens (tertiary/aromatic N) is 1. The van der Waals surface area contributed by atoms with Crippen molar-refractivity contribution in [3.63, 3.8) is 0 Å². The standard InChI is InChI=1S/C15H21F3N2O.ClH/c1-10-9-20(8-7-14(10)19)11(2)12-3-5-13(6-4-12)21-15(16,17)18;/h3-6,10-11,14H,7-9,19H2,1-2H3;1H. The molecule has 0 aromatic heterocycles. The second kappa shape index (κ2) is 7.53. The molecular formula is C15H22ClF3N2O. The van der Waals surface area contributed by atoms with E-state index in [9.17, 15) is 13.2 Å². The summed E-state index contributed by atoms with van der Waals surface area (Å²) in [6.07, 6.45) is -3.70. The van der Waals surface area contributed by atoms with E-state index in [1.165, 1.54) is 12.1 Å². The average molecular weight is 339 g/mol. The number of hydrogen-bond acceptors (Lipinski definition) is 3. The van der Waals surface area contributed by atoms with Crippen molar-refractivity contribution in [3.05, 3.63) is 29.8 Å². The molecular weight excluding hydrogens is 317 g/mol. The van der Waals surface area contributed by atoms with Crippen molar-refractivity contribution in [2.75, 3.05) is 13.1 Å². The zero-order valence-electron chi connectivity index (χ0n) is 12.6. The Morgan fingerprint density at radius 1 is 1.27 bits per heavy atom. The quantitative estimate of drug-likeness (QED) is 0.912. The largest absolute Gasteiger partial charge is 0.573 e. The van der Waals surface area contributed by atoms with E-state index in [0.29, 0.717) is 5.92 Å². The second-order valence-electron chi connectivity index (χ2n) is 5.72. The summed E-state index contributed by atoms with van der Waals surface area (Å²) >= 11 is 0. The Hall–Kier alpha value is -0.980. The summed E-state index contributed by atoms with van der Waals surface area (Å²) in [6.45, 7) is 6.00. The number of rotatable bonds is 3. The van der Waals surface area contributed by atoms with Gasteiger partial charge in [0, 0.05) is 25.2 Å². The molecule has 126 valence electrons. The van der Waals surface area contributed by atoms with Crippen molar-refractivity contribution in [3.8, 4) is 5.75 Å². The van der Waals surface area contributed by atoms with Gasteiger partial charge in [-0.2, -0.15) is 0 Å². The average Bonchev–Trinajstić information content (AvgIpc) is 2.40. The molecule has 0 spiro atoms. The molecule has 1 aromatic carbocycles. The number of hydrogen-bond donors (Lipinski definition) is 1. The lowest BCUT2D eigenvalue weighted by molar-refractivity contribution is -0.274. The molecule has 2 rings (SSSR count). The number of ether oxygens (including phenoxy) is 1. The van der Waals surface area contributed by atoms with Gasteiger partial charge in [-0.3, -0.25) is 4.90 Å². The van der Waals surface area contributed by atoms with Crippen molar-refractivity contribution < 1.29 is 17.9 Å². The highest BCUT2D eigenvalue weighted by atomic mass is 35.5. The van der Waals surface area contributed by atoms with Gasteiger partial charge in [0.05, 0.1) is 0 Å². The van der Waals surface area contributed by atoms with Gasteiger partial charge in [-0.05, 0) is 37.0 Å². The first-order valence-electron chi connectivity index (χ1n) is 7.11. The van der Waals surface area contributed by atoms with Crippen LogP contribution in [0.5, 0.6) is 5.75 Å². The molecule has 1 aromatic rings. The maximum atomic E-state index is 12.1. The Bertz CT molecular complexity index is 467. The fraction of sp³-hybridized carbons (Fsp3) is 0.600. The molecule has 1 aliphatic rings. The summed E-state index contributed by atoms with van der Waals surface area (Å²) < 4.78 is 40.3. The van der Waals surface area contributed by atoms with Crippen molar-refractivity contribution in [2.45, 2.75) is 38.7 Å². The third kappa shape index (κ3) is 5.04. The van der Waals surface area contributed by atoms with E-state index in [4.69, 9.17) is 5.73 Å². The number of piperidine rings is 1. The summed E-state index contributed by atoms with van der Waals surface area (Å²) in [6, 6.07) is 6.48. The molecule has 3 atom stereocenters. The molecule has 3 unspecified atom stereocenters. The van der Waals surface area contributed by atoms with Crippen LogP contribution in [0.15, 0.2) is 24.3 Å². The molecule has 1 heterocycles. The highest BCUT2D eigenvalue weighted by Crippen LogP contribution is 2.28. The molecule has 0 aliphatic carbocycles. The van der Waals surface area contributed by atoms with Crippen LogP contribution < -0.4 is 10.5 Å². The van der Waals surface area contributed by atoms with E-state index in [0.717, 1.165) is 25.1 Å². The van der Waals surface area contributed by atoms with Gasteiger partial charge < -0.3 is 10.5 Å². The van der Waals surface area contributed by atoms with Crippen LogP contribution in [0.1, 0.15) is 31.9 Å². The first-order valence-corrected chi connectivity index (χ1v) is 7.11. The SMILES string of the molecule is CC1CN(C(C)c2ccc(OC(F)(F)F)cc2)CCC1N.Cl. The van der Waals surface area contributed by atoms with Crippen molar-refractivity contribution in [2.24, 2.45) is 11.7 Å². The van der Waals surface area contributed by atoms with Crippen LogP contribution in [0.2, 0.25) is 0 Å². The van der Waals surface area contributed by atoms with E-state index < -0.39 is 6.36 Å². The summed E-state index contributed by atoms with van der Waals surface area (Å²) in [5.74, 6) is 0.238. The van der Waals surface area contributed by atoms with Gasteiger partial charge in [-0.15, -0.1) is 25.6 Å². The molecule has 2 N–H and O–H groups in total. The maximum absolute atomic E-state index is 12.1. The van der Waals surface area contributed by atoms with Gasteiger partial charge in [0.15, 0.2) is 0 Å². The Morgan fingerprint density at radius 3 is 2.36 bits per heavy atom. The zero-order valence-corrected chi connectivity index (χ0v) is 13.5. The molecule has 1 fully saturated rings. The van der Waals surface area contributed by atoms with Gasteiger partial charge in [0.2, 0.25) is 0 Å². The lowest BCUT2D eigenvalue weighted by Crippen LogP contribution is -2.46. The van der Waals surface area contributed by atoms with Crippen LogP contribution in [-0.4, -0.2) is 30.4 Å². The van der Waals surface area contributed by atoms with Gasteiger partial charge in [0.1, 0.15) is 5.75 Å². The Kier molecular flexibility index (Phi) is 6.52. The molecule has 0 radical (unpaired) electrons. The Morgan fingerprint density at radius 2 is 1.86 bits per heavy atom. The Balaban J connectivity index is 0.00000242. The highest BCUT2D eigenvalue weighted by Gasteiger charge is 2.31. The molecule has 3 nitrogen and oxygen atoms in total. The minimum absolute atomic E-state index is 0. The summed E-state index contributed by atoms with van der Waals surface area (Å²) in [5, 5.41) is 0. The lowest BCUT2D eigenvalue weighted by Gasteiger charge is -2.38. The van der Waals surface area contributed by atoms with E-state index >= 15 is 0 Å². The number of likely N-dealkylation sites (tertiary alicyclic amines) is 1. The van der Waals surface area contributed by atoms with Gasteiger partial charge in [-0.25, -0.2) is 0 Å². The Labute approximate surface area is 135 Å².